The first-order chi connectivity index (χ1) is 25.4. The second kappa shape index (κ2) is 21.6. The zero-order chi connectivity index (χ0) is 38.8. The summed E-state index contributed by atoms with van der Waals surface area (Å²) in [5.74, 6) is -14.4. The number of ether oxygens (including phenoxy) is 6. The maximum absolute atomic E-state index is 14.8. The Kier molecular flexibility index (Phi) is 17.1. The summed E-state index contributed by atoms with van der Waals surface area (Å²) in [4.78, 5) is 47.5. The molecule has 0 fully saturated rings. The van der Waals surface area contributed by atoms with E-state index in [0.29, 0.717) is 69.2 Å². The van der Waals surface area contributed by atoms with Crippen molar-refractivity contribution in [1.82, 2.24) is 0 Å². The van der Waals surface area contributed by atoms with E-state index in [9.17, 15) is 36.7 Å². The number of unbranched alkanes of at least 4 members (excludes halogenated alkanes) is 6. The second-order valence-corrected chi connectivity index (χ2v) is 11.6. The molecule has 3 rings (SSSR count). The van der Waals surface area contributed by atoms with Gasteiger partial charge in [-0.25, -0.2) is 19.2 Å². The highest BCUT2D eigenvalue weighted by Gasteiger charge is 2.31. The Labute approximate surface area is 304 Å². The van der Waals surface area contributed by atoms with Gasteiger partial charge in [0.1, 0.15) is 11.5 Å². The van der Waals surface area contributed by atoms with Crippen LogP contribution in [0.3, 0.4) is 0 Å². The number of carbonyl (C=O) groups excluding carboxylic acids is 4. The average molecular weight is 745 g/mol. The third-order valence-electron chi connectivity index (χ3n) is 7.36. The van der Waals surface area contributed by atoms with Crippen LogP contribution < -0.4 is 18.9 Å². The minimum Gasteiger partial charge on any atom is -0.494 e. The molecule has 0 saturated carbocycles. The van der Waals surface area contributed by atoms with E-state index >= 15 is 0 Å². The van der Waals surface area contributed by atoms with Gasteiger partial charge in [0.25, 0.3) is 0 Å². The lowest BCUT2D eigenvalue weighted by molar-refractivity contribution is -0.139. The third-order valence-corrected chi connectivity index (χ3v) is 7.36. The lowest BCUT2D eigenvalue weighted by Crippen LogP contribution is -2.16. The van der Waals surface area contributed by atoms with Gasteiger partial charge in [0, 0.05) is 11.6 Å². The van der Waals surface area contributed by atoms with Crippen molar-refractivity contribution in [2.45, 2.75) is 58.3 Å². The maximum atomic E-state index is 14.8. The van der Waals surface area contributed by atoms with E-state index in [-0.39, 0.29) is 11.1 Å². The lowest BCUT2D eigenvalue weighted by atomic mass is 10.2. The van der Waals surface area contributed by atoms with Gasteiger partial charge in [-0.15, -0.1) is 0 Å². The zero-order valence-corrected chi connectivity index (χ0v) is 29.2. The quantitative estimate of drug-likeness (QED) is 0.0247. The Morgan fingerprint density at radius 3 is 1.28 bits per heavy atom. The van der Waals surface area contributed by atoms with E-state index in [1.165, 1.54) is 48.5 Å². The fourth-order valence-electron chi connectivity index (χ4n) is 4.46. The van der Waals surface area contributed by atoms with Crippen LogP contribution in [-0.2, 0) is 19.1 Å². The van der Waals surface area contributed by atoms with Crippen LogP contribution in [0.25, 0.3) is 0 Å². The van der Waals surface area contributed by atoms with Gasteiger partial charge in [0.15, 0.2) is 0 Å². The van der Waals surface area contributed by atoms with Gasteiger partial charge < -0.3 is 28.4 Å². The van der Waals surface area contributed by atoms with Gasteiger partial charge >= 0.3 is 23.9 Å². The summed E-state index contributed by atoms with van der Waals surface area (Å²) in [5, 5.41) is 0. The fraction of sp³-hybridized carbons (Fsp3) is 0.333. The van der Waals surface area contributed by atoms with Crippen LogP contribution in [0, 0.1) is 23.3 Å². The zero-order valence-electron chi connectivity index (χ0n) is 29.2. The summed E-state index contributed by atoms with van der Waals surface area (Å²) in [7, 11) is 0. The molecule has 10 nitrogen and oxygen atoms in total. The topological polar surface area (TPSA) is 124 Å². The normalized spacial score (nSPS) is 10.6. The van der Waals surface area contributed by atoms with Crippen molar-refractivity contribution < 1.29 is 65.2 Å². The number of benzene rings is 3. The molecule has 0 aliphatic heterocycles. The Morgan fingerprint density at radius 2 is 0.925 bits per heavy atom. The summed E-state index contributed by atoms with van der Waals surface area (Å²) < 4.78 is 89.7. The summed E-state index contributed by atoms with van der Waals surface area (Å²) in [5.41, 5.74) is -0.0651. The predicted molar refractivity (Wildman–Crippen MR) is 184 cm³/mol. The number of rotatable bonds is 22. The summed E-state index contributed by atoms with van der Waals surface area (Å²) >= 11 is 0. The molecule has 0 aromatic heterocycles. The van der Waals surface area contributed by atoms with Gasteiger partial charge in [0.2, 0.25) is 34.8 Å². The Bertz CT molecular complexity index is 1710. The molecule has 3 aromatic rings. The van der Waals surface area contributed by atoms with Gasteiger partial charge in [-0.1, -0.05) is 13.2 Å². The first kappa shape index (κ1) is 41.8. The van der Waals surface area contributed by atoms with Gasteiger partial charge in [-0.2, -0.15) is 17.6 Å². The second-order valence-electron chi connectivity index (χ2n) is 11.6. The fourth-order valence-corrected chi connectivity index (χ4v) is 4.46. The van der Waals surface area contributed by atoms with E-state index in [1.54, 1.807) is 6.92 Å². The van der Waals surface area contributed by atoms with Gasteiger partial charge in [-0.3, -0.25) is 0 Å². The van der Waals surface area contributed by atoms with Crippen molar-refractivity contribution in [2.75, 3.05) is 26.4 Å². The molecule has 0 amide bonds. The first-order valence-electron chi connectivity index (χ1n) is 16.8. The average Bonchev–Trinajstić information content (AvgIpc) is 3.16. The van der Waals surface area contributed by atoms with Crippen LogP contribution in [0.5, 0.6) is 23.0 Å². The van der Waals surface area contributed by atoms with Crippen molar-refractivity contribution in [2.24, 2.45) is 0 Å². The molecule has 0 unspecified atom stereocenters. The minimum absolute atomic E-state index is 0.201. The monoisotopic (exact) mass is 744 g/mol. The van der Waals surface area contributed by atoms with E-state index in [2.05, 4.69) is 22.6 Å². The van der Waals surface area contributed by atoms with Gasteiger partial charge in [0.05, 0.1) is 37.6 Å². The molecule has 284 valence electrons. The Morgan fingerprint density at radius 1 is 0.566 bits per heavy atom. The summed E-state index contributed by atoms with van der Waals surface area (Å²) in [6.45, 7) is 9.69. The molecule has 0 N–H and O–H groups in total. The first-order valence-corrected chi connectivity index (χ1v) is 16.8. The molecule has 0 saturated heterocycles. The predicted octanol–water partition coefficient (Wildman–Crippen LogP) is 8.41. The third kappa shape index (κ3) is 13.4. The molecule has 0 spiro atoms. The molecule has 0 radical (unpaired) electrons. The summed E-state index contributed by atoms with van der Waals surface area (Å²) in [6, 6.07) is 10.5. The van der Waals surface area contributed by atoms with Crippen molar-refractivity contribution in [1.29, 1.82) is 0 Å². The van der Waals surface area contributed by atoms with Crippen LogP contribution >= 0.6 is 0 Å². The van der Waals surface area contributed by atoms with Gasteiger partial charge in [-0.05, 0) is 107 Å². The highest BCUT2D eigenvalue weighted by Crippen LogP contribution is 2.35. The maximum Gasteiger partial charge on any atom is 0.343 e. The number of halogens is 4. The highest BCUT2D eigenvalue weighted by atomic mass is 19.2. The summed E-state index contributed by atoms with van der Waals surface area (Å²) in [6.07, 6.45) is 7.10. The molecule has 0 atom stereocenters. The van der Waals surface area contributed by atoms with E-state index in [0.717, 1.165) is 31.8 Å². The molecule has 0 aliphatic carbocycles. The number of esters is 4. The van der Waals surface area contributed by atoms with E-state index < -0.39 is 58.6 Å². The van der Waals surface area contributed by atoms with Crippen LogP contribution in [0.2, 0.25) is 0 Å². The van der Waals surface area contributed by atoms with E-state index in [1.807, 2.05) is 0 Å². The Balaban J connectivity index is 1.47. The number of hydrogen-bond acceptors (Lipinski definition) is 10. The smallest absolute Gasteiger partial charge is 0.343 e. The molecular formula is C39H40F4O10. The molecule has 0 bridgehead atoms. The van der Waals surface area contributed by atoms with Crippen molar-refractivity contribution in [3.8, 4) is 23.0 Å². The van der Waals surface area contributed by atoms with Crippen molar-refractivity contribution in [3.63, 3.8) is 0 Å². The number of carbonyl (C=O) groups is 4. The minimum atomic E-state index is -2.09. The molecule has 0 heterocycles. The van der Waals surface area contributed by atoms with Crippen LogP contribution in [0.1, 0.15) is 79.0 Å². The molecular weight excluding hydrogens is 704 g/mol. The van der Waals surface area contributed by atoms with Crippen LogP contribution in [0.15, 0.2) is 73.3 Å². The molecule has 0 aliphatic rings. The SMILES string of the molecule is C=CC(=O)OCCCCCCOc1ccc(C(=O)Oc2c(F)c(F)c(OC(=O)c3ccc(OCCCCCCOC(=O)C(=C)C)cc3)c(F)c2F)cc1. The van der Waals surface area contributed by atoms with Crippen molar-refractivity contribution >= 4 is 23.9 Å². The Hall–Kier alpha value is -5.66. The standard InChI is InChI=1S/C39H40F4O10/c1-4-30(44)50-23-11-7-5-9-21-48-28-17-13-26(14-18-28)38(46)52-35-31(40)33(42)36(34(43)32(35)41)53-39(47)27-15-19-29(20-16-27)49-22-10-6-8-12-24-51-37(45)25(2)3/h4,13-20H,1-2,5-12,21-24H2,3H3. The van der Waals surface area contributed by atoms with Crippen molar-refractivity contribution in [3.05, 3.63) is 108 Å². The largest absolute Gasteiger partial charge is 0.494 e. The lowest BCUT2D eigenvalue weighted by Gasteiger charge is -2.13. The molecule has 3 aromatic carbocycles. The van der Waals surface area contributed by atoms with E-state index in [4.69, 9.17) is 18.9 Å². The van der Waals surface area contributed by atoms with Crippen LogP contribution in [-0.4, -0.2) is 50.3 Å². The van der Waals surface area contributed by atoms with Crippen LogP contribution in [0.4, 0.5) is 17.6 Å². The molecule has 53 heavy (non-hydrogen) atoms. The number of hydrogen-bond donors (Lipinski definition) is 0. The highest BCUT2D eigenvalue weighted by molar-refractivity contribution is 5.92. The molecule has 14 heteroatoms.